The molecule has 0 spiro atoms. The molecule has 11 heteroatoms. The number of anilines is 1. The van der Waals surface area contributed by atoms with E-state index in [9.17, 15) is 24.3 Å². The number of methoxy groups -OCH3 is 1. The third kappa shape index (κ3) is 8.46. The summed E-state index contributed by atoms with van der Waals surface area (Å²) in [4.78, 5) is 47.9. The van der Waals surface area contributed by atoms with Gasteiger partial charge in [-0.05, 0) is 51.1 Å². The molecule has 0 heterocycles. The third-order valence-corrected chi connectivity index (χ3v) is 4.41. The minimum Gasteiger partial charge on any atom is -0.506 e. The highest BCUT2D eigenvalue weighted by molar-refractivity contribution is 6.08. The van der Waals surface area contributed by atoms with Gasteiger partial charge in [-0.15, -0.1) is 0 Å². The molecule has 11 nitrogen and oxygen atoms in total. The van der Waals surface area contributed by atoms with Crippen molar-refractivity contribution in [2.24, 2.45) is 0 Å². The van der Waals surface area contributed by atoms with Crippen molar-refractivity contribution in [1.82, 2.24) is 10.6 Å². The topological polar surface area (TPSA) is 167 Å². The predicted molar refractivity (Wildman–Crippen MR) is 128 cm³/mol. The molecule has 0 atom stereocenters. The molecular weight excluding hydrogens is 456 g/mol. The number of carbonyl (C=O) groups is 4. The van der Waals surface area contributed by atoms with Crippen molar-refractivity contribution in [3.8, 4) is 5.75 Å². The summed E-state index contributed by atoms with van der Waals surface area (Å²) < 4.78 is 9.61. The number of ether oxygens (including phenoxy) is 2. The SMILES string of the molecule is COC(=O)CCNC(=O)c1ccc(O)c(NC(=O)c2ccc(C(=N)NC(=O)OC(C)(C)C)cc2)c1. The summed E-state index contributed by atoms with van der Waals surface area (Å²) >= 11 is 0. The van der Waals surface area contributed by atoms with E-state index in [1.807, 2.05) is 0 Å². The van der Waals surface area contributed by atoms with E-state index in [0.29, 0.717) is 5.56 Å². The summed E-state index contributed by atoms with van der Waals surface area (Å²) in [6.07, 6.45) is -0.765. The van der Waals surface area contributed by atoms with E-state index in [1.165, 1.54) is 49.6 Å². The molecule has 0 fully saturated rings. The van der Waals surface area contributed by atoms with E-state index in [2.05, 4.69) is 20.7 Å². The van der Waals surface area contributed by atoms with Gasteiger partial charge < -0.3 is 25.2 Å². The third-order valence-electron chi connectivity index (χ3n) is 4.41. The highest BCUT2D eigenvalue weighted by Crippen LogP contribution is 2.25. The van der Waals surface area contributed by atoms with Gasteiger partial charge in [0.1, 0.15) is 17.2 Å². The summed E-state index contributed by atoms with van der Waals surface area (Å²) in [5.74, 6) is -1.98. The summed E-state index contributed by atoms with van der Waals surface area (Å²) in [5.41, 5.74) is 0.0323. The maximum Gasteiger partial charge on any atom is 0.413 e. The normalized spacial score (nSPS) is 10.6. The lowest BCUT2D eigenvalue weighted by atomic mass is 10.1. The molecule has 0 aliphatic carbocycles. The molecule has 35 heavy (non-hydrogen) atoms. The van der Waals surface area contributed by atoms with Crippen LogP contribution < -0.4 is 16.0 Å². The lowest BCUT2D eigenvalue weighted by Gasteiger charge is -2.19. The standard InChI is InChI=1S/C24H28N4O7/c1-24(2,3)35-23(33)28-20(25)14-5-7-15(8-6-14)22(32)27-17-13-16(9-10-18(17)29)21(31)26-12-11-19(30)34-4/h5-10,13,29H,11-12H2,1-4H3,(H,26,31)(H,27,32)(H2,25,28,33). The Morgan fingerprint density at radius 2 is 1.54 bits per heavy atom. The number of hydrogen-bond donors (Lipinski definition) is 5. The molecule has 2 rings (SSSR count). The second-order valence-electron chi connectivity index (χ2n) is 8.35. The van der Waals surface area contributed by atoms with Gasteiger partial charge in [0.05, 0.1) is 19.2 Å². The minimum absolute atomic E-state index is 0.00463. The quantitative estimate of drug-likeness (QED) is 0.174. The summed E-state index contributed by atoms with van der Waals surface area (Å²) in [5, 5.41) is 25.5. The van der Waals surface area contributed by atoms with E-state index in [0.717, 1.165) is 0 Å². The molecule has 0 saturated heterocycles. The molecule has 2 aromatic carbocycles. The number of esters is 1. The fourth-order valence-corrected chi connectivity index (χ4v) is 2.72. The van der Waals surface area contributed by atoms with E-state index in [-0.39, 0.29) is 41.4 Å². The zero-order chi connectivity index (χ0) is 26.2. The Bertz CT molecular complexity index is 1120. The zero-order valence-electron chi connectivity index (χ0n) is 19.9. The number of hydrogen-bond acceptors (Lipinski definition) is 8. The minimum atomic E-state index is -0.769. The first-order valence-corrected chi connectivity index (χ1v) is 10.6. The van der Waals surface area contributed by atoms with Crippen LogP contribution in [0.4, 0.5) is 10.5 Å². The first-order chi connectivity index (χ1) is 16.4. The molecule has 0 aliphatic heterocycles. The van der Waals surface area contributed by atoms with Crippen LogP contribution in [0.1, 0.15) is 53.5 Å². The lowest BCUT2D eigenvalue weighted by molar-refractivity contribution is -0.140. The number of phenolic OH excluding ortho intramolecular Hbond substituents is 1. The maximum absolute atomic E-state index is 12.6. The van der Waals surface area contributed by atoms with Gasteiger partial charge >= 0.3 is 12.1 Å². The van der Waals surface area contributed by atoms with Crippen molar-refractivity contribution >= 4 is 35.4 Å². The second-order valence-corrected chi connectivity index (χ2v) is 8.35. The fraction of sp³-hybridized carbons (Fsp3) is 0.292. The van der Waals surface area contributed by atoms with Crippen molar-refractivity contribution in [2.75, 3.05) is 19.0 Å². The van der Waals surface area contributed by atoms with Gasteiger partial charge in [0.25, 0.3) is 11.8 Å². The number of amides is 3. The van der Waals surface area contributed by atoms with Crippen molar-refractivity contribution in [2.45, 2.75) is 32.8 Å². The summed E-state index contributed by atoms with van der Waals surface area (Å²) in [6, 6.07) is 9.76. The Hall–Kier alpha value is -4.41. The number of aromatic hydroxyl groups is 1. The molecule has 3 amide bonds. The largest absolute Gasteiger partial charge is 0.506 e. The number of carbonyl (C=O) groups excluding carboxylic acids is 4. The Kier molecular flexibility index (Phi) is 8.92. The van der Waals surface area contributed by atoms with Crippen LogP contribution >= 0.6 is 0 Å². The van der Waals surface area contributed by atoms with Crippen LogP contribution in [0.15, 0.2) is 42.5 Å². The van der Waals surface area contributed by atoms with Crippen LogP contribution in [-0.4, -0.2) is 54.1 Å². The number of alkyl carbamates (subject to hydrolysis) is 1. The Morgan fingerprint density at radius 1 is 0.943 bits per heavy atom. The number of benzene rings is 2. The monoisotopic (exact) mass is 484 g/mol. The first-order valence-electron chi connectivity index (χ1n) is 10.6. The Labute approximate surface area is 202 Å². The first kappa shape index (κ1) is 26.8. The van der Waals surface area contributed by atoms with Gasteiger partial charge in [-0.3, -0.25) is 25.1 Å². The average Bonchev–Trinajstić information content (AvgIpc) is 2.78. The fourth-order valence-electron chi connectivity index (χ4n) is 2.72. The number of rotatable bonds is 7. The van der Waals surface area contributed by atoms with Crippen molar-refractivity contribution in [1.29, 1.82) is 5.41 Å². The highest BCUT2D eigenvalue weighted by Gasteiger charge is 2.18. The molecule has 0 unspecified atom stereocenters. The van der Waals surface area contributed by atoms with E-state index < -0.39 is 29.5 Å². The van der Waals surface area contributed by atoms with Gasteiger partial charge in [-0.1, -0.05) is 12.1 Å². The van der Waals surface area contributed by atoms with Crippen LogP contribution in [0.3, 0.4) is 0 Å². The van der Waals surface area contributed by atoms with Gasteiger partial charge in [0.15, 0.2) is 0 Å². The van der Waals surface area contributed by atoms with Gasteiger partial charge in [-0.25, -0.2) is 4.79 Å². The number of phenols is 1. The number of amidine groups is 1. The molecule has 0 saturated carbocycles. The molecule has 0 bridgehead atoms. The molecule has 2 aromatic rings. The second kappa shape index (κ2) is 11.6. The van der Waals surface area contributed by atoms with E-state index in [1.54, 1.807) is 20.8 Å². The molecule has 186 valence electrons. The van der Waals surface area contributed by atoms with Crippen LogP contribution in [0.5, 0.6) is 5.75 Å². The van der Waals surface area contributed by atoms with Crippen LogP contribution in [0, 0.1) is 5.41 Å². The molecule has 0 radical (unpaired) electrons. The highest BCUT2D eigenvalue weighted by atomic mass is 16.6. The molecule has 0 aromatic heterocycles. The van der Waals surface area contributed by atoms with Gasteiger partial charge in [0.2, 0.25) is 0 Å². The van der Waals surface area contributed by atoms with E-state index >= 15 is 0 Å². The van der Waals surface area contributed by atoms with Crippen LogP contribution in [0.2, 0.25) is 0 Å². The molecule has 5 N–H and O–H groups in total. The summed E-state index contributed by atoms with van der Waals surface area (Å²) in [6.45, 7) is 5.18. The Balaban J connectivity index is 2.02. The number of nitrogens with one attached hydrogen (secondary N) is 4. The van der Waals surface area contributed by atoms with Gasteiger partial charge in [0, 0.05) is 23.2 Å². The van der Waals surface area contributed by atoms with Crippen LogP contribution in [-0.2, 0) is 14.3 Å². The Morgan fingerprint density at radius 3 is 2.14 bits per heavy atom. The van der Waals surface area contributed by atoms with Gasteiger partial charge in [-0.2, -0.15) is 0 Å². The van der Waals surface area contributed by atoms with Crippen molar-refractivity contribution in [3.05, 3.63) is 59.2 Å². The van der Waals surface area contributed by atoms with Crippen LogP contribution in [0.25, 0.3) is 0 Å². The zero-order valence-corrected chi connectivity index (χ0v) is 19.9. The predicted octanol–water partition coefficient (Wildman–Crippen LogP) is 2.79. The average molecular weight is 485 g/mol. The van der Waals surface area contributed by atoms with Crippen molar-refractivity contribution < 1.29 is 33.8 Å². The summed E-state index contributed by atoms with van der Waals surface area (Å²) in [7, 11) is 1.25. The smallest absolute Gasteiger partial charge is 0.413 e. The lowest BCUT2D eigenvalue weighted by Crippen LogP contribution is -2.36. The molecular formula is C24H28N4O7. The van der Waals surface area contributed by atoms with E-state index in [4.69, 9.17) is 10.1 Å². The maximum atomic E-state index is 12.6. The molecule has 0 aliphatic rings. The van der Waals surface area contributed by atoms with Crippen molar-refractivity contribution in [3.63, 3.8) is 0 Å².